The van der Waals surface area contributed by atoms with E-state index in [2.05, 4.69) is 10.3 Å². The Bertz CT molecular complexity index is 795. The maximum atomic E-state index is 12.1. The number of carbonyl (C=O) groups is 1. The summed E-state index contributed by atoms with van der Waals surface area (Å²) < 4.78 is 5.40. The number of nitrogens with zero attached hydrogens (tertiary/aromatic N) is 1. The van der Waals surface area contributed by atoms with Crippen LogP contribution in [0.15, 0.2) is 59.2 Å². The number of aliphatic imine (C=N–C) groups is 1. The number of benzene rings is 2. The van der Waals surface area contributed by atoms with Crippen LogP contribution in [0.1, 0.15) is 18.1 Å². The molecule has 0 saturated heterocycles. The summed E-state index contributed by atoms with van der Waals surface area (Å²) in [6.45, 7) is 2.56. The number of halogens is 1. The second kappa shape index (κ2) is 6.67. The molecule has 1 heterocycles. The van der Waals surface area contributed by atoms with E-state index in [0.717, 1.165) is 16.9 Å². The van der Waals surface area contributed by atoms with Crippen LogP contribution in [0.5, 0.6) is 5.75 Å². The Labute approximate surface area is 139 Å². The van der Waals surface area contributed by atoms with Crippen LogP contribution in [0, 0.1) is 0 Å². The van der Waals surface area contributed by atoms with Crippen LogP contribution in [0.2, 0.25) is 5.02 Å². The molecule has 0 fully saturated rings. The molecule has 2 aromatic rings. The number of amides is 1. The molecule has 116 valence electrons. The zero-order valence-electron chi connectivity index (χ0n) is 12.5. The molecule has 0 unspecified atom stereocenters. The van der Waals surface area contributed by atoms with Crippen molar-refractivity contribution in [2.24, 2.45) is 4.99 Å². The molecule has 1 aliphatic heterocycles. The van der Waals surface area contributed by atoms with Gasteiger partial charge in [0.05, 0.1) is 6.61 Å². The molecule has 5 heteroatoms. The summed E-state index contributed by atoms with van der Waals surface area (Å²) >= 11 is 5.97. The standard InChI is InChI=1S/C18H15ClN2O2/c1-2-23-15-8-6-12(7-9-15)10-16-18(22)21-17(20-16)13-4-3-5-14(19)11-13/h3-11H,2H2,1H3,(H,20,21,22)/b16-10+. The summed E-state index contributed by atoms with van der Waals surface area (Å²) in [5, 5.41) is 3.36. The van der Waals surface area contributed by atoms with Crippen LogP contribution in [-0.4, -0.2) is 18.3 Å². The highest BCUT2D eigenvalue weighted by Gasteiger charge is 2.21. The fourth-order valence-corrected chi connectivity index (χ4v) is 2.42. The highest BCUT2D eigenvalue weighted by Crippen LogP contribution is 2.19. The zero-order valence-corrected chi connectivity index (χ0v) is 13.3. The predicted octanol–water partition coefficient (Wildman–Crippen LogP) is 3.66. The van der Waals surface area contributed by atoms with E-state index in [4.69, 9.17) is 16.3 Å². The summed E-state index contributed by atoms with van der Waals surface area (Å²) in [5.41, 5.74) is 2.03. The van der Waals surface area contributed by atoms with Gasteiger partial charge in [-0.25, -0.2) is 4.99 Å². The van der Waals surface area contributed by atoms with E-state index in [0.29, 0.717) is 23.2 Å². The Morgan fingerprint density at radius 3 is 2.70 bits per heavy atom. The smallest absolute Gasteiger partial charge is 0.275 e. The van der Waals surface area contributed by atoms with Gasteiger partial charge >= 0.3 is 0 Å². The lowest BCUT2D eigenvalue weighted by atomic mass is 10.2. The lowest BCUT2D eigenvalue weighted by Gasteiger charge is -2.02. The third-order valence-electron chi connectivity index (χ3n) is 3.29. The first-order valence-corrected chi connectivity index (χ1v) is 7.64. The minimum atomic E-state index is -0.228. The first-order valence-electron chi connectivity index (χ1n) is 7.26. The Morgan fingerprint density at radius 1 is 1.22 bits per heavy atom. The number of nitrogens with one attached hydrogen (secondary N) is 1. The second-order valence-electron chi connectivity index (χ2n) is 4.96. The van der Waals surface area contributed by atoms with Gasteiger partial charge in [0.2, 0.25) is 0 Å². The lowest BCUT2D eigenvalue weighted by molar-refractivity contribution is -0.115. The summed E-state index contributed by atoms with van der Waals surface area (Å²) in [6, 6.07) is 14.7. The lowest BCUT2D eigenvalue weighted by Crippen LogP contribution is -2.24. The molecule has 1 N–H and O–H groups in total. The number of ether oxygens (including phenoxy) is 1. The molecule has 0 saturated carbocycles. The van der Waals surface area contributed by atoms with Gasteiger partial charge in [0.15, 0.2) is 0 Å². The molecule has 0 aliphatic carbocycles. The Kier molecular flexibility index (Phi) is 4.44. The Hall–Kier alpha value is -2.59. The molecule has 0 atom stereocenters. The molecule has 1 aliphatic rings. The number of hydrogen-bond donors (Lipinski definition) is 1. The molecule has 0 aromatic heterocycles. The summed E-state index contributed by atoms with van der Waals surface area (Å²) in [5.74, 6) is 1.08. The van der Waals surface area contributed by atoms with Crippen molar-refractivity contribution in [3.8, 4) is 5.75 Å². The molecule has 1 amide bonds. The highest BCUT2D eigenvalue weighted by atomic mass is 35.5. The average molecular weight is 327 g/mol. The topological polar surface area (TPSA) is 50.7 Å². The summed E-state index contributed by atoms with van der Waals surface area (Å²) in [7, 11) is 0. The van der Waals surface area contributed by atoms with Crippen molar-refractivity contribution in [1.29, 1.82) is 0 Å². The van der Waals surface area contributed by atoms with E-state index < -0.39 is 0 Å². The van der Waals surface area contributed by atoms with Crippen molar-refractivity contribution in [2.75, 3.05) is 6.61 Å². The first-order chi connectivity index (χ1) is 11.2. The van der Waals surface area contributed by atoms with Crippen molar-refractivity contribution >= 4 is 29.4 Å². The molecule has 0 bridgehead atoms. The van der Waals surface area contributed by atoms with Gasteiger partial charge in [-0.3, -0.25) is 4.79 Å². The van der Waals surface area contributed by atoms with E-state index in [1.807, 2.05) is 43.3 Å². The minimum absolute atomic E-state index is 0.228. The van der Waals surface area contributed by atoms with E-state index in [-0.39, 0.29) is 5.91 Å². The zero-order chi connectivity index (χ0) is 16.2. The third-order valence-corrected chi connectivity index (χ3v) is 3.52. The fourth-order valence-electron chi connectivity index (χ4n) is 2.23. The fraction of sp³-hybridized carbons (Fsp3) is 0.111. The van der Waals surface area contributed by atoms with Gasteiger partial charge in [-0.15, -0.1) is 0 Å². The van der Waals surface area contributed by atoms with Crippen LogP contribution >= 0.6 is 11.6 Å². The van der Waals surface area contributed by atoms with E-state index in [9.17, 15) is 4.79 Å². The van der Waals surface area contributed by atoms with E-state index in [1.165, 1.54) is 0 Å². The molecule has 2 aromatic carbocycles. The van der Waals surface area contributed by atoms with Gasteiger partial charge in [0, 0.05) is 10.6 Å². The molecule has 3 rings (SSSR count). The summed E-state index contributed by atoms with van der Waals surface area (Å²) in [6.07, 6.45) is 1.74. The quantitative estimate of drug-likeness (QED) is 0.872. The average Bonchev–Trinajstić information content (AvgIpc) is 2.91. The number of amidine groups is 1. The first kappa shape index (κ1) is 15.3. The molecule has 0 radical (unpaired) electrons. The largest absolute Gasteiger partial charge is 0.494 e. The number of rotatable bonds is 4. The van der Waals surface area contributed by atoms with Crippen LogP contribution in [0.25, 0.3) is 6.08 Å². The molecule has 4 nitrogen and oxygen atoms in total. The van der Waals surface area contributed by atoms with Crippen LogP contribution in [-0.2, 0) is 4.79 Å². The normalized spacial score (nSPS) is 15.5. The Morgan fingerprint density at radius 2 is 2.00 bits per heavy atom. The van der Waals surface area contributed by atoms with Crippen molar-refractivity contribution in [1.82, 2.24) is 5.32 Å². The number of carbonyl (C=O) groups excluding carboxylic acids is 1. The van der Waals surface area contributed by atoms with Crippen molar-refractivity contribution in [3.05, 3.63) is 70.4 Å². The second-order valence-corrected chi connectivity index (χ2v) is 5.39. The molecule has 23 heavy (non-hydrogen) atoms. The van der Waals surface area contributed by atoms with Crippen LogP contribution < -0.4 is 10.1 Å². The van der Waals surface area contributed by atoms with Gasteiger partial charge in [-0.2, -0.15) is 0 Å². The molecular weight excluding hydrogens is 312 g/mol. The van der Waals surface area contributed by atoms with Gasteiger partial charge in [-0.05, 0) is 42.8 Å². The monoisotopic (exact) mass is 326 g/mol. The van der Waals surface area contributed by atoms with Crippen LogP contribution in [0.3, 0.4) is 0 Å². The van der Waals surface area contributed by atoms with Crippen molar-refractivity contribution in [2.45, 2.75) is 6.92 Å². The van der Waals surface area contributed by atoms with E-state index >= 15 is 0 Å². The van der Waals surface area contributed by atoms with Crippen molar-refractivity contribution < 1.29 is 9.53 Å². The summed E-state index contributed by atoms with van der Waals surface area (Å²) in [4.78, 5) is 16.4. The van der Waals surface area contributed by atoms with Gasteiger partial charge in [0.25, 0.3) is 5.91 Å². The SMILES string of the molecule is CCOc1ccc(/C=C2/N=C(c3cccc(Cl)c3)NC2=O)cc1. The van der Waals surface area contributed by atoms with Gasteiger partial charge in [-0.1, -0.05) is 35.9 Å². The van der Waals surface area contributed by atoms with Crippen LogP contribution in [0.4, 0.5) is 0 Å². The molecule has 0 spiro atoms. The maximum absolute atomic E-state index is 12.1. The third kappa shape index (κ3) is 3.60. The Balaban J connectivity index is 1.85. The number of hydrogen-bond acceptors (Lipinski definition) is 3. The highest BCUT2D eigenvalue weighted by molar-refractivity contribution is 6.31. The minimum Gasteiger partial charge on any atom is -0.494 e. The van der Waals surface area contributed by atoms with Gasteiger partial charge in [0.1, 0.15) is 17.3 Å². The maximum Gasteiger partial charge on any atom is 0.275 e. The van der Waals surface area contributed by atoms with Crippen molar-refractivity contribution in [3.63, 3.8) is 0 Å². The molecular formula is C18H15ClN2O2. The van der Waals surface area contributed by atoms with E-state index in [1.54, 1.807) is 18.2 Å². The predicted molar refractivity (Wildman–Crippen MR) is 91.7 cm³/mol. The van der Waals surface area contributed by atoms with Gasteiger partial charge < -0.3 is 10.1 Å².